The molecule has 0 amide bonds. The van der Waals surface area contributed by atoms with Gasteiger partial charge in [-0.3, -0.25) is 0 Å². The molecule has 0 spiro atoms. The quantitative estimate of drug-likeness (QED) is 0.871. The third-order valence-corrected chi connectivity index (χ3v) is 4.78. The van der Waals surface area contributed by atoms with Gasteiger partial charge in [0.05, 0.1) is 5.02 Å². The number of benzene rings is 1. The molecule has 1 aromatic heterocycles. The second-order valence-corrected chi connectivity index (χ2v) is 7.01. The molecule has 0 aliphatic carbocycles. The van der Waals surface area contributed by atoms with Gasteiger partial charge in [-0.1, -0.05) is 49.3 Å². The van der Waals surface area contributed by atoms with Crippen molar-refractivity contribution in [1.82, 2.24) is 14.7 Å². The van der Waals surface area contributed by atoms with Gasteiger partial charge >= 0.3 is 0 Å². The van der Waals surface area contributed by atoms with E-state index in [1.165, 1.54) is 17.1 Å². The Morgan fingerprint density at radius 2 is 2.26 bits per heavy atom. The summed E-state index contributed by atoms with van der Waals surface area (Å²) in [5.74, 6) is 0.637. The highest BCUT2D eigenvalue weighted by atomic mass is 35.5. The van der Waals surface area contributed by atoms with Gasteiger partial charge in [-0.15, -0.1) is 0 Å². The van der Waals surface area contributed by atoms with Crippen LogP contribution in [0, 0.1) is 5.92 Å². The lowest BCUT2D eigenvalue weighted by Crippen LogP contribution is -2.19. The summed E-state index contributed by atoms with van der Waals surface area (Å²) < 4.78 is 4.93. The normalized spacial score (nSPS) is 11.2. The van der Waals surface area contributed by atoms with E-state index < -0.39 is 0 Å². The monoisotopic (exact) mass is 313 g/mol. The van der Waals surface area contributed by atoms with Gasteiger partial charge < -0.3 is 5.32 Å². The average molecular weight is 314 g/mol. The molecule has 0 atom stereocenters. The van der Waals surface area contributed by atoms with Gasteiger partial charge in [0.2, 0.25) is 0 Å². The molecular formula is C13H16ClN3S2. The molecule has 0 saturated carbocycles. The van der Waals surface area contributed by atoms with Gasteiger partial charge in [0.1, 0.15) is 6.33 Å². The Hall–Kier alpha value is -0.620. The Kier molecular flexibility index (Phi) is 5.63. The van der Waals surface area contributed by atoms with E-state index in [9.17, 15) is 0 Å². The van der Waals surface area contributed by atoms with E-state index in [0.717, 1.165) is 27.3 Å². The maximum atomic E-state index is 6.30. The van der Waals surface area contributed by atoms with E-state index in [1.54, 1.807) is 18.1 Å². The molecule has 0 saturated heterocycles. The molecule has 0 unspecified atom stereocenters. The van der Waals surface area contributed by atoms with Crippen LogP contribution in [0.2, 0.25) is 5.02 Å². The Bertz CT molecular complexity index is 515. The van der Waals surface area contributed by atoms with E-state index in [0.29, 0.717) is 5.92 Å². The van der Waals surface area contributed by atoms with Crippen molar-refractivity contribution in [2.75, 3.05) is 6.54 Å². The summed E-state index contributed by atoms with van der Waals surface area (Å²) in [6, 6.07) is 6.00. The van der Waals surface area contributed by atoms with Crippen molar-refractivity contribution in [3.63, 3.8) is 0 Å². The SMILES string of the molecule is CC(C)CNCc1cccc(Cl)c1Sc1ncns1. The maximum absolute atomic E-state index is 6.30. The van der Waals surface area contributed by atoms with Crippen molar-refractivity contribution in [2.24, 2.45) is 5.92 Å². The highest BCUT2D eigenvalue weighted by Gasteiger charge is 2.10. The van der Waals surface area contributed by atoms with Crippen LogP contribution in [0.25, 0.3) is 0 Å². The van der Waals surface area contributed by atoms with E-state index in [-0.39, 0.29) is 0 Å². The zero-order chi connectivity index (χ0) is 13.7. The number of nitrogens with zero attached hydrogens (tertiary/aromatic N) is 2. The summed E-state index contributed by atoms with van der Waals surface area (Å²) in [5, 5.41) is 4.21. The predicted molar refractivity (Wildman–Crippen MR) is 82.0 cm³/mol. The first-order chi connectivity index (χ1) is 9.16. The number of hydrogen-bond donors (Lipinski definition) is 1. The van der Waals surface area contributed by atoms with Crippen LogP contribution in [0.5, 0.6) is 0 Å². The Morgan fingerprint density at radius 3 is 2.95 bits per heavy atom. The summed E-state index contributed by atoms with van der Waals surface area (Å²) in [4.78, 5) is 5.26. The van der Waals surface area contributed by atoms with Gasteiger partial charge in [-0.2, -0.15) is 4.37 Å². The number of hydrogen-bond acceptors (Lipinski definition) is 5. The van der Waals surface area contributed by atoms with Crippen LogP contribution >= 0.6 is 34.9 Å². The molecule has 2 aromatic rings. The fraction of sp³-hybridized carbons (Fsp3) is 0.385. The van der Waals surface area contributed by atoms with Crippen LogP contribution in [-0.4, -0.2) is 15.9 Å². The number of nitrogens with one attached hydrogen (secondary N) is 1. The zero-order valence-corrected chi connectivity index (χ0v) is 13.3. The second kappa shape index (κ2) is 7.24. The van der Waals surface area contributed by atoms with Crippen molar-refractivity contribution in [2.45, 2.75) is 29.6 Å². The number of halogens is 1. The lowest BCUT2D eigenvalue weighted by molar-refractivity contribution is 0.550. The van der Waals surface area contributed by atoms with Crippen LogP contribution in [0.3, 0.4) is 0 Å². The molecule has 0 aliphatic rings. The molecule has 0 fully saturated rings. The highest BCUT2D eigenvalue weighted by Crippen LogP contribution is 2.36. The van der Waals surface area contributed by atoms with Gasteiger partial charge in [0.25, 0.3) is 0 Å². The maximum Gasteiger partial charge on any atom is 0.174 e. The van der Waals surface area contributed by atoms with Crippen molar-refractivity contribution in [1.29, 1.82) is 0 Å². The van der Waals surface area contributed by atoms with Crippen LogP contribution < -0.4 is 5.32 Å². The zero-order valence-electron chi connectivity index (χ0n) is 10.9. The molecule has 1 heterocycles. The minimum atomic E-state index is 0.637. The van der Waals surface area contributed by atoms with Crippen molar-refractivity contribution >= 4 is 34.9 Å². The molecular weight excluding hydrogens is 298 g/mol. The Morgan fingerprint density at radius 1 is 1.42 bits per heavy atom. The molecule has 0 radical (unpaired) electrons. The average Bonchev–Trinajstić information content (AvgIpc) is 2.85. The molecule has 19 heavy (non-hydrogen) atoms. The molecule has 6 heteroatoms. The smallest absolute Gasteiger partial charge is 0.174 e. The van der Waals surface area contributed by atoms with E-state index in [4.69, 9.17) is 11.6 Å². The Balaban J connectivity index is 2.11. The third-order valence-electron chi connectivity index (χ3n) is 2.45. The summed E-state index contributed by atoms with van der Waals surface area (Å²) in [6.45, 7) is 6.21. The third kappa shape index (κ3) is 4.45. The first-order valence-corrected chi connectivity index (χ1v) is 8.06. The van der Waals surface area contributed by atoms with Crippen LogP contribution in [0.4, 0.5) is 0 Å². The topological polar surface area (TPSA) is 37.8 Å². The summed E-state index contributed by atoms with van der Waals surface area (Å²) >= 11 is 9.26. The summed E-state index contributed by atoms with van der Waals surface area (Å²) in [5.41, 5.74) is 1.20. The first-order valence-electron chi connectivity index (χ1n) is 6.09. The summed E-state index contributed by atoms with van der Waals surface area (Å²) in [6.07, 6.45) is 1.57. The fourth-order valence-electron chi connectivity index (χ4n) is 1.60. The van der Waals surface area contributed by atoms with Gasteiger partial charge in [-0.25, -0.2) is 4.98 Å². The van der Waals surface area contributed by atoms with Crippen molar-refractivity contribution < 1.29 is 0 Å². The fourth-order valence-corrected chi connectivity index (χ4v) is 3.43. The minimum Gasteiger partial charge on any atom is -0.312 e. The molecule has 1 aromatic carbocycles. The van der Waals surface area contributed by atoms with E-state index >= 15 is 0 Å². The van der Waals surface area contributed by atoms with Crippen LogP contribution in [0.15, 0.2) is 33.8 Å². The van der Waals surface area contributed by atoms with E-state index in [2.05, 4.69) is 34.6 Å². The van der Waals surface area contributed by atoms with Crippen molar-refractivity contribution in [3.05, 3.63) is 35.1 Å². The van der Waals surface area contributed by atoms with Gasteiger partial charge in [-0.05, 0) is 35.6 Å². The Labute approximate surface area is 127 Å². The number of rotatable bonds is 6. The number of aromatic nitrogens is 2. The molecule has 0 aliphatic heterocycles. The first kappa shape index (κ1) is 14.8. The summed E-state index contributed by atoms with van der Waals surface area (Å²) in [7, 11) is 0. The second-order valence-electron chi connectivity index (χ2n) is 4.56. The largest absolute Gasteiger partial charge is 0.312 e. The lowest BCUT2D eigenvalue weighted by Gasteiger charge is -2.12. The molecule has 3 nitrogen and oxygen atoms in total. The van der Waals surface area contributed by atoms with Gasteiger partial charge in [0, 0.05) is 11.4 Å². The van der Waals surface area contributed by atoms with E-state index in [1.807, 2.05) is 12.1 Å². The molecule has 1 N–H and O–H groups in total. The highest BCUT2D eigenvalue weighted by molar-refractivity contribution is 8.01. The van der Waals surface area contributed by atoms with Crippen LogP contribution in [0.1, 0.15) is 19.4 Å². The van der Waals surface area contributed by atoms with Crippen molar-refractivity contribution in [3.8, 4) is 0 Å². The predicted octanol–water partition coefficient (Wildman–Crippen LogP) is 4.09. The molecule has 2 rings (SSSR count). The van der Waals surface area contributed by atoms with Crippen LogP contribution in [-0.2, 0) is 6.54 Å². The standard InChI is InChI=1S/C13H16ClN3S2/c1-9(2)6-15-7-10-4-3-5-11(14)12(10)18-13-16-8-17-19-13/h3-5,8-9,15H,6-7H2,1-2H3. The minimum absolute atomic E-state index is 0.637. The van der Waals surface area contributed by atoms with Gasteiger partial charge in [0.15, 0.2) is 4.34 Å². The lowest BCUT2D eigenvalue weighted by atomic mass is 10.2. The molecule has 102 valence electrons. The molecule has 0 bridgehead atoms.